The van der Waals surface area contributed by atoms with Crippen molar-refractivity contribution in [3.8, 4) is 5.75 Å². The van der Waals surface area contributed by atoms with Crippen molar-refractivity contribution in [1.82, 2.24) is 0 Å². The van der Waals surface area contributed by atoms with E-state index in [1.54, 1.807) is 18.5 Å². The summed E-state index contributed by atoms with van der Waals surface area (Å²) in [4.78, 5) is 0. The fourth-order valence-corrected chi connectivity index (χ4v) is 7.06. The van der Waals surface area contributed by atoms with E-state index in [0.717, 1.165) is 16.8 Å². The van der Waals surface area contributed by atoms with Gasteiger partial charge in [-0.25, -0.2) is 0 Å². The Bertz CT molecular complexity index is 599. The molecule has 1 unspecified atom stereocenters. The third kappa shape index (κ3) is 4.58. The van der Waals surface area contributed by atoms with E-state index in [9.17, 15) is 0 Å². The fourth-order valence-electron chi connectivity index (χ4n) is 1.85. The van der Waals surface area contributed by atoms with Crippen LogP contribution in [0, 0.1) is 0 Å². The fraction of sp³-hybridized carbons (Fsp3) is 0.250. The predicted molar refractivity (Wildman–Crippen MR) is 96.3 cm³/mol. The Hall–Kier alpha value is -0.800. The zero-order valence-electron chi connectivity index (χ0n) is 12.2. The third-order valence-electron chi connectivity index (χ3n) is 2.93. The minimum absolute atomic E-state index is 0.630. The van der Waals surface area contributed by atoms with Crippen molar-refractivity contribution >= 4 is 34.0 Å². The zero-order chi connectivity index (χ0) is 15.1. The van der Waals surface area contributed by atoms with Gasteiger partial charge >= 0.3 is 0 Å². The highest BCUT2D eigenvalue weighted by molar-refractivity contribution is 8.71. The van der Waals surface area contributed by atoms with E-state index in [4.69, 9.17) is 21.1 Å². The lowest BCUT2D eigenvalue weighted by Crippen LogP contribution is -2.05. The van der Waals surface area contributed by atoms with E-state index in [1.807, 2.05) is 49.4 Å². The average Bonchev–Trinajstić information content (AvgIpc) is 2.54. The largest absolute Gasteiger partial charge is 0.497 e. The topological polar surface area (TPSA) is 18.5 Å². The predicted octanol–water partition coefficient (Wildman–Crippen LogP) is 4.60. The van der Waals surface area contributed by atoms with Crippen LogP contribution >= 0.6 is 16.8 Å². The Kier molecular flexibility index (Phi) is 6.31. The van der Waals surface area contributed by atoms with Crippen molar-refractivity contribution in [3.63, 3.8) is 0 Å². The maximum absolute atomic E-state index is 5.96. The van der Waals surface area contributed by atoms with E-state index >= 15 is 0 Å². The first-order chi connectivity index (χ1) is 10.2. The molecule has 2 nitrogen and oxygen atoms in total. The van der Waals surface area contributed by atoms with E-state index < -0.39 is 5.47 Å². The van der Waals surface area contributed by atoms with Gasteiger partial charge in [-0.1, -0.05) is 53.5 Å². The van der Waals surface area contributed by atoms with Gasteiger partial charge in [0, 0.05) is 11.1 Å². The molecule has 0 bridgehead atoms. The Morgan fingerprint density at radius 2 is 1.71 bits per heavy atom. The number of methoxy groups -OCH3 is 1. The molecule has 0 aliphatic carbocycles. The van der Waals surface area contributed by atoms with E-state index in [2.05, 4.69) is 12.1 Å². The summed E-state index contributed by atoms with van der Waals surface area (Å²) in [6.07, 6.45) is 0. The summed E-state index contributed by atoms with van der Waals surface area (Å²) in [5.41, 5.74) is -0.805. The van der Waals surface area contributed by atoms with Crippen LogP contribution in [0.4, 0.5) is 0 Å². The van der Waals surface area contributed by atoms with Gasteiger partial charge in [0.2, 0.25) is 0 Å². The molecule has 0 amide bonds. The molecule has 0 saturated carbocycles. The Morgan fingerprint density at radius 3 is 2.29 bits per heavy atom. The molecule has 0 fully saturated rings. The van der Waals surface area contributed by atoms with Crippen LogP contribution in [-0.2, 0) is 22.1 Å². The first-order valence-electron chi connectivity index (χ1n) is 6.75. The summed E-state index contributed by atoms with van der Waals surface area (Å²) in [6, 6.07) is 18.3. The van der Waals surface area contributed by atoms with Gasteiger partial charge in [0.05, 0.1) is 13.7 Å². The van der Waals surface area contributed by atoms with Crippen molar-refractivity contribution in [1.29, 1.82) is 0 Å². The van der Waals surface area contributed by atoms with Crippen LogP contribution in [-0.4, -0.2) is 13.7 Å². The Morgan fingerprint density at radius 1 is 1.05 bits per heavy atom. The SMILES string of the molecule is CCOP(=S)(SCc1ccccc1)c1ccc(OC)cc1. The second-order valence-electron chi connectivity index (χ2n) is 4.37. The van der Waals surface area contributed by atoms with E-state index in [-0.39, 0.29) is 0 Å². The molecule has 2 rings (SSSR count). The lowest BCUT2D eigenvalue weighted by molar-refractivity contribution is 0.390. The summed E-state index contributed by atoms with van der Waals surface area (Å²) >= 11 is 7.59. The number of ether oxygens (including phenoxy) is 1. The van der Waals surface area contributed by atoms with Crippen LogP contribution in [0.3, 0.4) is 0 Å². The highest BCUT2D eigenvalue weighted by Crippen LogP contribution is 2.59. The number of rotatable bonds is 7. The maximum Gasteiger partial charge on any atom is 0.148 e. The van der Waals surface area contributed by atoms with Gasteiger partial charge in [0.25, 0.3) is 0 Å². The number of hydrogen-bond acceptors (Lipinski definition) is 4. The molecule has 0 aromatic heterocycles. The van der Waals surface area contributed by atoms with Crippen LogP contribution in [0.25, 0.3) is 0 Å². The zero-order valence-corrected chi connectivity index (χ0v) is 14.7. The molecule has 2 aromatic carbocycles. The van der Waals surface area contributed by atoms with Crippen LogP contribution < -0.4 is 10.0 Å². The van der Waals surface area contributed by atoms with Crippen molar-refractivity contribution in [2.24, 2.45) is 0 Å². The summed E-state index contributed by atoms with van der Waals surface area (Å²) in [5.74, 6) is 1.70. The van der Waals surface area contributed by atoms with Crippen molar-refractivity contribution in [2.45, 2.75) is 12.7 Å². The number of hydrogen-bond donors (Lipinski definition) is 0. The summed E-state index contributed by atoms with van der Waals surface area (Å²) < 4.78 is 11.2. The maximum atomic E-state index is 5.96. The molecule has 0 radical (unpaired) electrons. The van der Waals surface area contributed by atoms with Gasteiger partial charge in [-0.15, -0.1) is 0 Å². The van der Waals surface area contributed by atoms with Crippen LogP contribution in [0.5, 0.6) is 5.75 Å². The second kappa shape index (κ2) is 8.00. The molecule has 5 heteroatoms. The van der Waals surface area contributed by atoms with Gasteiger partial charge in [0.1, 0.15) is 11.2 Å². The van der Waals surface area contributed by atoms with E-state index in [0.29, 0.717) is 6.61 Å². The quantitative estimate of drug-likeness (QED) is 0.687. The van der Waals surface area contributed by atoms with Crippen LogP contribution in [0.1, 0.15) is 12.5 Å². The van der Waals surface area contributed by atoms with Crippen molar-refractivity contribution in [3.05, 3.63) is 60.2 Å². The summed E-state index contributed by atoms with van der Waals surface area (Å²) in [7, 11) is 1.66. The first kappa shape index (κ1) is 16.6. The minimum atomic E-state index is -2.07. The smallest absolute Gasteiger partial charge is 0.148 e. The minimum Gasteiger partial charge on any atom is -0.497 e. The standard InChI is InChI=1S/C16H19O2PS2/c1-3-18-19(20,16-11-9-15(17-2)10-12-16)21-13-14-7-5-4-6-8-14/h4-12H,3,13H2,1-2H3. The highest BCUT2D eigenvalue weighted by Gasteiger charge is 2.21. The highest BCUT2D eigenvalue weighted by atomic mass is 32.9. The molecule has 0 heterocycles. The van der Waals surface area contributed by atoms with Gasteiger partial charge in [-0.2, -0.15) is 0 Å². The molecule has 0 aliphatic rings. The van der Waals surface area contributed by atoms with E-state index in [1.165, 1.54) is 5.56 Å². The van der Waals surface area contributed by atoms with Gasteiger partial charge in [0.15, 0.2) is 0 Å². The summed E-state index contributed by atoms with van der Waals surface area (Å²) in [5, 5.41) is 1.08. The summed E-state index contributed by atoms with van der Waals surface area (Å²) in [6.45, 7) is 2.62. The number of benzene rings is 2. The van der Waals surface area contributed by atoms with Gasteiger partial charge < -0.3 is 9.26 Å². The molecule has 0 aliphatic heterocycles. The molecular weight excluding hydrogens is 319 g/mol. The van der Waals surface area contributed by atoms with Gasteiger partial charge in [-0.05, 0) is 36.8 Å². The van der Waals surface area contributed by atoms with Crippen LogP contribution in [0.15, 0.2) is 54.6 Å². The second-order valence-corrected chi connectivity index (χ2v) is 11.2. The molecule has 0 N–H and O–H groups in total. The first-order valence-corrected chi connectivity index (χ1v) is 11.1. The van der Waals surface area contributed by atoms with Crippen molar-refractivity contribution < 1.29 is 9.26 Å². The Balaban J connectivity index is 2.16. The monoisotopic (exact) mass is 338 g/mol. The molecule has 0 spiro atoms. The molecule has 21 heavy (non-hydrogen) atoms. The van der Waals surface area contributed by atoms with Crippen LogP contribution in [0.2, 0.25) is 0 Å². The lowest BCUT2D eigenvalue weighted by Gasteiger charge is -2.21. The van der Waals surface area contributed by atoms with Crippen molar-refractivity contribution in [2.75, 3.05) is 13.7 Å². The molecule has 2 aromatic rings. The Labute approximate surface area is 135 Å². The molecule has 1 atom stereocenters. The molecule has 0 saturated heterocycles. The molecule has 112 valence electrons. The van der Waals surface area contributed by atoms with Gasteiger partial charge in [-0.3, -0.25) is 0 Å². The average molecular weight is 338 g/mol. The normalized spacial score (nSPS) is 13.6. The third-order valence-corrected chi connectivity index (χ3v) is 9.52. The molecular formula is C16H19O2PS2. The lowest BCUT2D eigenvalue weighted by atomic mass is 10.2.